The van der Waals surface area contributed by atoms with Crippen molar-refractivity contribution in [2.24, 2.45) is 0 Å². The smallest absolute Gasteiger partial charge is 0.344 e. The van der Waals surface area contributed by atoms with Crippen molar-refractivity contribution >= 4 is 17.4 Å². The summed E-state index contributed by atoms with van der Waals surface area (Å²) in [7, 11) is 1.99. The zero-order chi connectivity index (χ0) is 27.6. The summed E-state index contributed by atoms with van der Waals surface area (Å²) in [6.45, 7) is 7.08. The molecule has 3 aromatic rings. The molecule has 0 unspecified atom stereocenters. The van der Waals surface area contributed by atoms with Gasteiger partial charge in [-0.2, -0.15) is 13.2 Å². The van der Waals surface area contributed by atoms with E-state index < -0.39 is 17.6 Å². The maximum Gasteiger partial charge on any atom is 0.416 e. The second kappa shape index (κ2) is 10.8. The molecular formula is C28H26F3N7O. The van der Waals surface area contributed by atoms with Crippen LogP contribution in [-0.2, 0) is 19.1 Å². The molecule has 0 bridgehead atoms. The summed E-state index contributed by atoms with van der Waals surface area (Å²) < 4.78 is 41.7. The molecule has 2 aliphatic rings. The van der Waals surface area contributed by atoms with Crippen LogP contribution >= 0.6 is 0 Å². The number of nitrogens with zero attached hydrogens (tertiary/aromatic N) is 5. The van der Waals surface area contributed by atoms with Gasteiger partial charge in [0.15, 0.2) is 0 Å². The van der Waals surface area contributed by atoms with E-state index in [1.807, 2.05) is 18.0 Å². The summed E-state index contributed by atoms with van der Waals surface area (Å²) in [4.78, 5) is 29.5. The summed E-state index contributed by atoms with van der Waals surface area (Å²) in [5.74, 6) is 5.93. The van der Waals surface area contributed by atoms with Gasteiger partial charge in [-0.15, -0.1) is 0 Å². The fraction of sp³-hybridized carbons (Fsp3) is 0.286. The van der Waals surface area contributed by atoms with Crippen LogP contribution in [0.4, 0.5) is 24.7 Å². The second-order valence-electron chi connectivity index (χ2n) is 9.56. The molecular weight excluding hydrogens is 507 g/mol. The number of nitrogens with one attached hydrogen (secondary N) is 2. The Balaban J connectivity index is 1.30. The Labute approximate surface area is 224 Å². The van der Waals surface area contributed by atoms with E-state index in [0.29, 0.717) is 25.1 Å². The van der Waals surface area contributed by atoms with E-state index in [1.54, 1.807) is 6.20 Å². The van der Waals surface area contributed by atoms with Gasteiger partial charge in [0, 0.05) is 74.0 Å². The molecule has 0 spiro atoms. The predicted octanol–water partition coefficient (Wildman–Crippen LogP) is 3.77. The van der Waals surface area contributed by atoms with Gasteiger partial charge in [-0.25, -0.2) is 15.0 Å². The van der Waals surface area contributed by atoms with E-state index >= 15 is 0 Å². The van der Waals surface area contributed by atoms with Gasteiger partial charge in [0.2, 0.25) is 5.82 Å². The first-order valence-corrected chi connectivity index (χ1v) is 12.4. The molecule has 2 aliphatic heterocycles. The third kappa shape index (κ3) is 6.42. The number of carbonyl (C=O) groups excluding carboxylic acids is 1. The van der Waals surface area contributed by atoms with Gasteiger partial charge in [-0.05, 0) is 42.8 Å². The topological polar surface area (TPSA) is 86.3 Å². The van der Waals surface area contributed by atoms with Crippen LogP contribution < -0.4 is 10.6 Å². The van der Waals surface area contributed by atoms with Crippen LogP contribution in [0.3, 0.4) is 0 Å². The highest BCUT2D eigenvalue weighted by Gasteiger charge is 2.34. The zero-order valence-corrected chi connectivity index (χ0v) is 21.3. The third-order valence-electron chi connectivity index (χ3n) is 6.54. The molecule has 0 atom stereocenters. The highest BCUT2D eigenvalue weighted by atomic mass is 19.4. The highest BCUT2D eigenvalue weighted by molar-refractivity contribution is 6.02. The van der Waals surface area contributed by atoms with Crippen molar-refractivity contribution in [3.8, 4) is 11.8 Å². The SMILES string of the molecule is C=C1Cc2cc(C#Cc3nccc(C(=O)Nc4ccc(CN5CCN(C)CC5)c(C(F)(F)F)c4)n3)cnc2N1. The molecule has 200 valence electrons. The monoisotopic (exact) mass is 533 g/mol. The lowest BCUT2D eigenvalue weighted by atomic mass is 10.0. The minimum Gasteiger partial charge on any atom is -0.344 e. The number of anilines is 2. The van der Waals surface area contributed by atoms with Crippen LogP contribution in [-0.4, -0.2) is 63.9 Å². The number of pyridine rings is 1. The molecule has 1 fully saturated rings. The molecule has 2 N–H and O–H groups in total. The van der Waals surface area contributed by atoms with E-state index in [2.05, 4.69) is 48.9 Å². The third-order valence-corrected chi connectivity index (χ3v) is 6.54. The van der Waals surface area contributed by atoms with Crippen molar-refractivity contribution in [3.05, 3.63) is 88.8 Å². The summed E-state index contributed by atoms with van der Waals surface area (Å²) in [6, 6.07) is 7.13. The lowest BCUT2D eigenvalue weighted by Crippen LogP contribution is -2.44. The lowest BCUT2D eigenvalue weighted by Gasteiger charge is -2.33. The summed E-state index contributed by atoms with van der Waals surface area (Å²) in [5, 5.41) is 5.60. The molecule has 1 amide bonds. The zero-order valence-electron chi connectivity index (χ0n) is 21.3. The number of rotatable bonds is 4. The van der Waals surface area contributed by atoms with Gasteiger partial charge in [0.1, 0.15) is 11.5 Å². The molecule has 0 radical (unpaired) electrons. The number of hydrogen-bond acceptors (Lipinski definition) is 7. The van der Waals surface area contributed by atoms with E-state index in [1.165, 1.54) is 24.4 Å². The number of fused-ring (bicyclic) bond motifs is 1. The number of piperazine rings is 1. The molecule has 11 heteroatoms. The minimum atomic E-state index is -4.56. The van der Waals surface area contributed by atoms with Crippen LogP contribution in [0.25, 0.3) is 0 Å². The highest BCUT2D eigenvalue weighted by Crippen LogP contribution is 2.34. The van der Waals surface area contributed by atoms with Crippen LogP contribution in [0.2, 0.25) is 0 Å². The van der Waals surface area contributed by atoms with Crippen molar-refractivity contribution in [1.29, 1.82) is 0 Å². The first kappa shape index (κ1) is 26.3. The molecule has 4 heterocycles. The molecule has 5 rings (SSSR count). The fourth-order valence-electron chi connectivity index (χ4n) is 4.44. The first-order chi connectivity index (χ1) is 18.6. The lowest BCUT2D eigenvalue weighted by molar-refractivity contribution is -0.138. The Bertz CT molecular complexity index is 1480. The summed E-state index contributed by atoms with van der Waals surface area (Å²) >= 11 is 0. The van der Waals surface area contributed by atoms with Crippen molar-refractivity contribution in [3.63, 3.8) is 0 Å². The van der Waals surface area contributed by atoms with Crippen molar-refractivity contribution in [2.75, 3.05) is 43.9 Å². The molecule has 1 aromatic carbocycles. The maximum absolute atomic E-state index is 13.9. The second-order valence-corrected chi connectivity index (χ2v) is 9.56. The van der Waals surface area contributed by atoms with Crippen LogP contribution in [0.15, 0.2) is 55.0 Å². The van der Waals surface area contributed by atoms with Gasteiger partial charge in [0.25, 0.3) is 5.91 Å². The van der Waals surface area contributed by atoms with Crippen molar-refractivity contribution < 1.29 is 18.0 Å². The first-order valence-electron chi connectivity index (χ1n) is 12.4. The van der Waals surface area contributed by atoms with E-state index in [0.717, 1.165) is 36.2 Å². The standard InChI is InChI=1S/C28H26F3N7O/c1-18-13-21-14-19(16-33-26(21)34-18)3-6-25-32-8-7-24(36-25)27(39)35-22-5-4-20(23(15-22)28(29,30)31)17-38-11-9-37(2)10-12-38/h4-5,7-8,14-16H,1,9-13,17H2,2H3,(H,33,34)(H,35,39). The number of allylic oxidation sites excluding steroid dienone is 1. The number of hydrogen-bond donors (Lipinski definition) is 2. The maximum atomic E-state index is 13.9. The number of halogens is 3. The van der Waals surface area contributed by atoms with Crippen LogP contribution in [0, 0.1) is 11.8 Å². The van der Waals surface area contributed by atoms with Gasteiger partial charge < -0.3 is 15.5 Å². The van der Waals surface area contributed by atoms with Gasteiger partial charge in [-0.3, -0.25) is 9.69 Å². The van der Waals surface area contributed by atoms with Crippen LogP contribution in [0.1, 0.15) is 38.6 Å². The van der Waals surface area contributed by atoms with E-state index in [9.17, 15) is 18.0 Å². The normalized spacial score (nSPS) is 15.7. The predicted molar refractivity (Wildman–Crippen MR) is 141 cm³/mol. The molecule has 8 nitrogen and oxygen atoms in total. The summed E-state index contributed by atoms with van der Waals surface area (Å²) in [5.41, 5.74) is 1.91. The van der Waals surface area contributed by atoms with E-state index in [4.69, 9.17) is 0 Å². The average Bonchev–Trinajstić information content (AvgIpc) is 3.28. The number of aromatic nitrogens is 3. The number of alkyl halides is 3. The number of carbonyl (C=O) groups is 1. The molecule has 39 heavy (non-hydrogen) atoms. The quantitative estimate of drug-likeness (QED) is 0.494. The average molecular weight is 534 g/mol. The Morgan fingerprint density at radius 3 is 2.69 bits per heavy atom. The Morgan fingerprint density at radius 1 is 1.13 bits per heavy atom. The number of benzene rings is 1. The fourth-order valence-corrected chi connectivity index (χ4v) is 4.44. The largest absolute Gasteiger partial charge is 0.416 e. The summed E-state index contributed by atoms with van der Waals surface area (Å²) in [6.07, 6.45) is -0.909. The molecule has 1 saturated heterocycles. The molecule has 2 aromatic heterocycles. The van der Waals surface area contributed by atoms with Crippen molar-refractivity contribution in [1.82, 2.24) is 24.8 Å². The van der Waals surface area contributed by atoms with Gasteiger partial charge in [-0.1, -0.05) is 18.6 Å². The minimum absolute atomic E-state index is 0.0167. The Kier molecular flexibility index (Phi) is 7.32. The van der Waals surface area contributed by atoms with Gasteiger partial charge in [0.05, 0.1) is 5.56 Å². The number of amides is 1. The van der Waals surface area contributed by atoms with E-state index in [-0.39, 0.29) is 29.3 Å². The Hall–Kier alpha value is -4.27. The van der Waals surface area contributed by atoms with Crippen LogP contribution in [0.5, 0.6) is 0 Å². The number of likely N-dealkylation sites (N-methyl/N-ethyl adjacent to an activating group) is 1. The molecule has 0 saturated carbocycles. The van der Waals surface area contributed by atoms with Gasteiger partial charge >= 0.3 is 6.18 Å². The Morgan fingerprint density at radius 2 is 1.92 bits per heavy atom. The molecule has 0 aliphatic carbocycles. The van der Waals surface area contributed by atoms with Crippen molar-refractivity contribution in [2.45, 2.75) is 19.1 Å².